The molecule has 0 aliphatic carbocycles. The third-order valence-corrected chi connectivity index (χ3v) is 3.21. The summed E-state index contributed by atoms with van der Waals surface area (Å²) in [5.41, 5.74) is 0.967. The predicted molar refractivity (Wildman–Crippen MR) is 77.0 cm³/mol. The molecule has 0 saturated heterocycles. The van der Waals surface area contributed by atoms with Gasteiger partial charge in [0.15, 0.2) is 0 Å². The van der Waals surface area contributed by atoms with Crippen LogP contribution in [0.15, 0.2) is 10.5 Å². The maximum Gasteiger partial charge on any atom is 0.401 e. The molecule has 0 amide bonds. The summed E-state index contributed by atoms with van der Waals surface area (Å²) < 4.78 is 43.4. The minimum Gasteiger partial charge on any atom is -0.463 e. The summed E-state index contributed by atoms with van der Waals surface area (Å²) in [6, 6.07) is 1.95. The van der Waals surface area contributed by atoms with Gasteiger partial charge in [0, 0.05) is 12.1 Å². The molecule has 0 bridgehead atoms. The summed E-state index contributed by atoms with van der Waals surface area (Å²) in [4.78, 5) is 1.36. The standard InChI is InChI=1S/C15H25F3N2O/c1-10(2)19-7-14-12(5)6-13(21-14)8-20(11(3)4)9-15(16,17)18/h6,10-11,19H,7-9H2,1-5H3. The summed E-state index contributed by atoms with van der Waals surface area (Å²) in [6.07, 6.45) is -4.20. The molecule has 0 spiro atoms. The van der Waals surface area contributed by atoms with Gasteiger partial charge >= 0.3 is 6.18 Å². The van der Waals surface area contributed by atoms with Crippen molar-refractivity contribution in [3.05, 3.63) is 23.2 Å². The van der Waals surface area contributed by atoms with E-state index in [1.807, 2.05) is 26.8 Å². The second-order valence-electron chi connectivity index (χ2n) is 5.97. The quantitative estimate of drug-likeness (QED) is 0.829. The fraction of sp³-hybridized carbons (Fsp3) is 0.733. The fourth-order valence-corrected chi connectivity index (χ4v) is 1.99. The van der Waals surface area contributed by atoms with Gasteiger partial charge in [0.05, 0.1) is 19.6 Å². The van der Waals surface area contributed by atoms with Crippen LogP contribution in [0.1, 0.15) is 44.8 Å². The van der Waals surface area contributed by atoms with Gasteiger partial charge in [-0.25, -0.2) is 0 Å². The van der Waals surface area contributed by atoms with Crippen LogP contribution in [0.25, 0.3) is 0 Å². The average Bonchev–Trinajstić information content (AvgIpc) is 2.64. The van der Waals surface area contributed by atoms with Crippen molar-refractivity contribution in [2.75, 3.05) is 6.54 Å². The van der Waals surface area contributed by atoms with Crippen molar-refractivity contribution < 1.29 is 17.6 Å². The first-order valence-corrected chi connectivity index (χ1v) is 7.21. The van der Waals surface area contributed by atoms with Crippen LogP contribution >= 0.6 is 0 Å². The van der Waals surface area contributed by atoms with Crippen molar-refractivity contribution in [2.24, 2.45) is 0 Å². The Bertz CT molecular complexity index is 439. The Morgan fingerprint density at radius 3 is 2.33 bits per heavy atom. The highest BCUT2D eigenvalue weighted by atomic mass is 19.4. The van der Waals surface area contributed by atoms with Crippen LogP contribution in [0, 0.1) is 6.92 Å². The topological polar surface area (TPSA) is 28.4 Å². The second kappa shape index (κ2) is 7.31. The van der Waals surface area contributed by atoms with E-state index in [1.165, 1.54) is 4.90 Å². The van der Waals surface area contributed by atoms with Gasteiger partial charge in [-0.2, -0.15) is 13.2 Å². The molecule has 122 valence electrons. The molecular weight excluding hydrogens is 281 g/mol. The van der Waals surface area contributed by atoms with Crippen molar-refractivity contribution in [1.29, 1.82) is 0 Å². The molecule has 0 radical (unpaired) electrons. The monoisotopic (exact) mass is 306 g/mol. The first-order valence-electron chi connectivity index (χ1n) is 7.21. The number of furan rings is 1. The minimum atomic E-state index is -4.20. The molecule has 0 saturated carbocycles. The lowest BCUT2D eigenvalue weighted by molar-refractivity contribution is -0.151. The van der Waals surface area contributed by atoms with Crippen LogP contribution in [0.2, 0.25) is 0 Å². The Balaban J connectivity index is 2.74. The Morgan fingerprint density at radius 1 is 1.24 bits per heavy atom. The van der Waals surface area contributed by atoms with Gasteiger partial charge < -0.3 is 9.73 Å². The van der Waals surface area contributed by atoms with E-state index < -0.39 is 12.7 Å². The number of rotatable bonds is 7. The maximum absolute atomic E-state index is 12.6. The number of nitrogens with one attached hydrogen (secondary N) is 1. The summed E-state index contributed by atoms with van der Waals surface area (Å²) in [5, 5.41) is 3.24. The van der Waals surface area contributed by atoms with E-state index in [4.69, 9.17) is 4.42 Å². The Labute approximate surface area is 124 Å². The van der Waals surface area contributed by atoms with E-state index in [-0.39, 0.29) is 12.6 Å². The van der Waals surface area contributed by atoms with Crippen LogP contribution in [-0.4, -0.2) is 29.7 Å². The summed E-state index contributed by atoms with van der Waals surface area (Å²) in [5.74, 6) is 1.36. The first kappa shape index (κ1) is 18.0. The van der Waals surface area contributed by atoms with Gasteiger partial charge in [-0.3, -0.25) is 4.90 Å². The Kier molecular flexibility index (Phi) is 6.28. The van der Waals surface area contributed by atoms with Crippen molar-refractivity contribution in [2.45, 2.75) is 66.0 Å². The third-order valence-electron chi connectivity index (χ3n) is 3.21. The van der Waals surface area contributed by atoms with Crippen molar-refractivity contribution in [3.8, 4) is 0 Å². The highest BCUT2D eigenvalue weighted by Gasteiger charge is 2.32. The molecule has 1 N–H and O–H groups in total. The predicted octanol–water partition coefficient (Wildman–Crippen LogP) is 3.86. The molecule has 6 heteroatoms. The number of alkyl halides is 3. The van der Waals surface area contributed by atoms with Crippen LogP contribution in [0.5, 0.6) is 0 Å². The molecule has 0 unspecified atom stereocenters. The summed E-state index contributed by atoms with van der Waals surface area (Å²) >= 11 is 0. The summed E-state index contributed by atoms with van der Waals surface area (Å²) in [7, 11) is 0. The fourth-order valence-electron chi connectivity index (χ4n) is 1.99. The van der Waals surface area contributed by atoms with Crippen LogP contribution < -0.4 is 5.32 Å². The molecule has 21 heavy (non-hydrogen) atoms. The van der Waals surface area contributed by atoms with Crippen molar-refractivity contribution in [1.82, 2.24) is 10.2 Å². The SMILES string of the molecule is Cc1cc(CN(CC(F)(F)F)C(C)C)oc1CNC(C)C. The smallest absolute Gasteiger partial charge is 0.401 e. The third kappa shape index (κ3) is 6.52. The zero-order chi connectivity index (χ0) is 16.2. The van der Waals surface area contributed by atoms with Crippen LogP contribution in [0.3, 0.4) is 0 Å². The highest BCUT2D eigenvalue weighted by molar-refractivity contribution is 5.20. The zero-order valence-corrected chi connectivity index (χ0v) is 13.3. The van der Waals surface area contributed by atoms with E-state index in [0.717, 1.165) is 11.3 Å². The van der Waals surface area contributed by atoms with Crippen molar-refractivity contribution in [3.63, 3.8) is 0 Å². The zero-order valence-electron chi connectivity index (χ0n) is 13.3. The normalized spacial score (nSPS) is 12.9. The molecule has 1 rings (SSSR count). The highest BCUT2D eigenvalue weighted by Crippen LogP contribution is 2.22. The molecular formula is C15H25F3N2O. The Morgan fingerprint density at radius 2 is 1.86 bits per heavy atom. The van der Waals surface area contributed by atoms with E-state index in [0.29, 0.717) is 18.3 Å². The molecule has 1 aromatic heterocycles. The molecule has 1 heterocycles. The van der Waals surface area contributed by atoms with E-state index in [1.54, 1.807) is 13.8 Å². The van der Waals surface area contributed by atoms with E-state index >= 15 is 0 Å². The van der Waals surface area contributed by atoms with Gasteiger partial charge in [-0.15, -0.1) is 0 Å². The summed E-state index contributed by atoms with van der Waals surface area (Å²) in [6.45, 7) is 9.31. The number of aryl methyl sites for hydroxylation is 1. The van der Waals surface area contributed by atoms with Gasteiger partial charge in [0.1, 0.15) is 11.5 Å². The largest absolute Gasteiger partial charge is 0.463 e. The van der Waals surface area contributed by atoms with Crippen LogP contribution in [-0.2, 0) is 13.1 Å². The lowest BCUT2D eigenvalue weighted by Crippen LogP contribution is -2.38. The van der Waals surface area contributed by atoms with Crippen molar-refractivity contribution >= 4 is 0 Å². The second-order valence-corrected chi connectivity index (χ2v) is 5.97. The van der Waals surface area contributed by atoms with Gasteiger partial charge in [-0.1, -0.05) is 13.8 Å². The molecule has 1 aromatic rings. The minimum absolute atomic E-state index is 0.166. The number of hydrogen-bond acceptors (Lipinski definition) is 3. The average molecular weight is 306 g/mol. The number of nitrogens with zero attached hydrogens (tertiary/aromatic N) is 1. The van der Waals surface area contributed by atoms with Gasteiger partial charge in [0.25, 0.3) is 0 Å². The molecule has 0 fully saturated rings. The first-order chi connectivity index (χ1) is 9.58. The molecule has 0 aliphatic heterocycles. The Hall–Kier alpha value is -1.01. The maximum atomic E-state index is 12.6. The van der Waals surface area contributed by atoms with Crippen LogP contribution in [0.4, 0.5) is 13.2 Å². The number of halogens is 3. The van der Waals surface area contributed by atoms with E-state index in [2.05, 4.69) is 5.32 Å². The molecule has 0 aromatic carbocycles. The lowest BCUT2D eigenvalue weighted by Gasteiger charge is -2.26. The van der Waals surface area contributed by atoms with Gasteiger partial charge in [-0.05, 0) is 32.4 Å². The molecule has 3 nitrogen and oxygen atoms in total. The molecule has 0 aliphatic rings. The number of hydrogen-bond donors (Lipinski definition) is 1. The molecule has 0 atom stereocenters. The van der Waals surface area contributed by atoms with Gasteiger partial charge in [0.2, 0.25) is 0 Å². The lowest BCUT2D eigenvalue weighted by atomic mass is 10.2. The van der Waals surface area contributed by atoms with E-state index in [9.17, 15) is 13.2 Å².